The maximum absolute atomic E-state index is 13.8. The van der Waals surface area contributed by atoms with Crippen LogP contribution >= 0.6 is 0 Å². The average molecular weight is 531 g/mol. The first-order valence-corrected chi connectivity index (χ1v) is 14.1. The summed E-state index contributed by atoms with van der Waals surface area (Å²) in [6.45, 7) is 12.9. The second kappa shape index (κ2) is 17.4. The number of hydrogen-bond acceptors (Lipinski definition) is 7. The molecule has 0 spiro atoms. The van der Waals surface area contributed by atoms with Crippen LogP contribution in [0.25, 0.3) is 0 Å². The van der Waals surface area contributed by atoms with Gasteiger partial charge in [0.05, 0.1) is 40.1 Å². The van der Waals surface area contributed by atoms with Crippen LogP contribution in [-0.2, 0) is 6.42 Å². The average Bonchev–Trinajstić information content (AvgIpc) is 2.94. The minimum Gasteiger partial charge on any atom is -0.493 e. The Labute approximate surface area is 228 Å². The van der Waals surface area contributed by atoms with Crippen molar-refractivity contribution in [3.8, 4) is 34.5 Å². The number of benzene rings is 2. The van der Waals surface area contributed by atoms with Crippen molar-refractivity contribution in [3.05, 3.63) is 35.4 Å². The number of ether oxygens (including phenoxy) is 6. The predicted octanol–water partition coefficient (Wildman–Crippen LogP) is 7.45. The van der Waals surface area contributed by atoms with Crippen LogP contribution in [-0.4, -0.2) is 45.9 Å². The van der Waals surface area contributed by atoms with Crippen LogP contribution in [0, 0.1) is 0 Å². The molecular formula is C31H46O7. The third-order valence-corrected chi connectivity index (χ3v) is 5.61. The number of Topliss-reactive ketones (excluding diaryl/α,β-unsaturated/α-hetero) is 1. The van der Waals surface area contributed by atoms with Gasteiger partial charge in [-0.15, -0.1) is 0 Å². The molecule has 0 unspecified atom stereocenters. The molecule has 0 aromatic heterocycles. The van der Waals surface area contributed by atoms with E-state index in [1.165, 1.54) is 0 Å². The fourth-order valence-corrected chi connectivity index (χ4v) is 3.83. The number of carbonyl (C=O) groups is 1. The van der Waals surface area contributed by atoms with E-state index in [1.807, 2.05) is 45.0 Å². The molecule has 0 aliphatic heterocycles. The molecule has 7 nitrogen and oxygen atoms in total. The lowest BCUT2D eigenvalue weighted by molar-refractivity contribution is 0.0972. The fourth-order valence-electron chi connectivity index (χ4n) is 3.83. The zero-order valence-corrected chi connectivity index (χ0v) is 24.2. The maximum atomic E-state index is 13.8. The quantitative estimate of drug-likeness (QED) is 0.165. The summed E-state index contributed by atoms with van der Waals surface area (Å²) in [6, 6.07) is 7.43. The summed E-state index contributed by atoms with van der Waals surface area (Å²) in [5, 5.41) is 0. The molecule has 0 bridgehead atoms. The van der Waals surface area contributed by atoms with E-state index < -0.39 is 0 Å². The highest BCUT2D eigenvalue weighted by Gasteiger charge is 2.24. The zero-order valence-electron chi connectivity index (χ0n) is 24.2. The lowest BCUT2D eigenvalue weighted by Crippen LogP contribution is -2.12. The predicted molar refractivity (Wildman–Crippen MR) is 151 cm³/mol. The van der Waals surface area contributed by atoms with E-state index in [9.17, 15) is 4.79 Å². The molecule has 0 atom stereocenters. The summed E-state index contributed by atoms with van der Waals surface area (Å²) in [5.41, 5.74) is 1.30. The van der Waals surface area contributed by atoms with Crippen molar-refractivity contribution in [2.75, 3.05) is 40.1 Å². The summed E-state index contributed by atoms with van der Waals surface area (Å²) in [5.74, 6) is 3.41. The van der Waals surface area contributed by atoms with Crippen LogP contribution in [0.15, 0.2) is 24.3 Å². The van der Waals surface area contributed by atoms with Crippen LogP contribution in [0.1, 0.15) is 89.1 Å². The summed E-state index contributed by atoms with van der Waals surface area (Å²) in [7, 11) is 1.61. The van der Waals surface area contributed by atoms with Crippen LogP contribution in [0.2, 0.25) is 0 Å². The molecule has 0 saturated heterocycles. The number of hydrogen-bond donors (Lipinski definition) is 0. The molecule has 0 N–H and O–H groups in total. The Balaban J connectivity index is 2.46. The Bertz CT molecular complexity index is 987. The Morgan fingerprint density at radius 3 is 1.76 bits per heavy atom. The summed E-state index contributed by atoms with van der Waals surface area (Å²) in [4.78, 5) is 13.8. The van der Waals surface area contributed by atoms with Gasteiger partial charge in [0.1, 0.15) is 17.1 Å². The van der Waals surface area contributed by atoms with Gasteiger partial charge in [-0.25, -0.2) is 0 Å². The third kappa shape index (κ3) is 9.03. The summed E-state index contributed by atoms with van der Waals surface area (Å²) < 4.78 is 35.6. The lowest BCUT2D eigenvalue weighted by atomic mass is 9.99. The fraction of sp³-hybridized carbons (Fsp3) is 0.581. The molecule has 2 aromatic rings. The van der Waals surface area contributed by atoms with Gasteiger partial charge in [0, 0.05) is 18.1 Å². The Morgan fingerprint density at radius 2 is 1.16 bits per heavy atom. The van der Waals surface area contributed by atoms with Gasteiger partial charge >= 0.3 is 0 Å². The van der Waals surface area contributed by atoms with Crippen molar-refractivity contribution in [1.29, 1.82) is 0 Å². The smallest absolute Gasteiger partial charge is 0.175 e. The van der Waals surface area contributed by atoms with E-state index in [0.717, 1.165) is 37.7 Å². The molecule has 212 valence electrons. The molecule has 0 heterocycles. The van der Waals surface area contributed by atoms with Crippen LogP contribution in [0.4, 0.5) is 0 Å². The first-order chi connectivity index (χ1) is 18.5. The van der Waals surface area contributed by atoms with Crippen molar-refractivity contribution in [2.45, 2.75) is 79.6 Å². The Morgan fingerprint density at radius 1 is 0.632 bits per heavy atom. The molecule has 0 fully saturated rings. The lowest BCUT2D eigenvalue weighted by Gasteiger charge is -2.20. The number of methoxy groups -OCH3 is 1. The van der Waals surface area contributed by atoms with Crippen LogP contribution < -0.4 is 28.4 Å². The zero-order chi connectivity index (χ0) is 27.8. The van der Waals surface area contributed by atoms with E-state index in [0.29, 0.717) is 79.5 Å². The van der Waals surface area contributed by atoms with Crippen LogP contribution in [0.3, 0.4) is 0 Å². The number of ketones is 1. The van der Waals surface area contributed by atoms with Crippen molar-refractivity contribution in [2.24, 2.45) is 0 Å². The van der Waals surface area contributed by atoms with Gasteiger partial charge in [0.15, 0.2) is 28.8 Å². The first-order valence-electron chi connectivity index (χ1n) is 14.1. The first kappa shape index (κ1) is 31.1. The third-order valence-electron chi connectivity index (χ3n) is 5.61. The maximum Gasteiger partial charge on any atom is 0.175 e. The van der Waals surface area contributed by atoms with E-state index >= 15 is 0 Å². The second-order valence-electron chi connectivity index (χ2n) is 9.05. The van der Waals surface area contributed by atoms with Crippen molar-refractivity contribution < 1.29 is 33.2 Å². The van der Waals surface area contributed by atoms with Gasteiger partial charge in [-0.05, 0) is 56.7 Å². The SMILES string of the molecule is CCCOc1cc(CCC(=O)c2c(OCCC)ccc(OCCC)c2OCCC)c(OCCC)c(OC)c1. The molecule has 2 aromatic carbocycles. The topological polar surface area (TPSA) is 72.5 Å². The molecular weight excluding hydrogens is 484 g/mol. The normalized spacial score (nSPS) is 10.7. The standard InChI is InChI=1S/C31H46O7/c1-7-16-34-24-21-23(30(37-19-10-4)28(22-24)33-6)12-13-25(32)29-26(35-17-8-2)14-15-27(36-18-9-3)31(29)38-20-11-5/h14-15,21-22H,7-13,16-20H2,1-6H3. The minimum absolute atomic E-state index is 0.0792. The van der Waals surface area contributed by atoms with Gasteiger partial charge in [-0.3, -0.25) is 4.79 Å². The van der Waals surface area contributed by atoms with Gasteiger partial charge in [0.2, 0.25) is 0 Å². The van der Waals surface area contributed by atoms with Gasteiger partial charge in [-0.1, -0.05) is 34.6 Å². The highest BCUT2D eigenvalue weighted by Crippen LogP contribution is 2.41. The van der Waals surface area contributed by atoms with Gasteiger partial charge in [-0.2, -0.15) is 0 Å². The highest BCUT2D eigenvalue weighted by molar-refractivity contribution is 6.02. The van der Waals surface area contributed by atoms with Gasteiger partial charge in [0.25, 0.3) is 0 Å². The van der Waals surface area contributed by atoms with E-state index in [2.05, 4.69) is 13.8 Å². The Hall–Kier alpha value is -3.09. The van der Waals surface area contributed by atoms with Crippen molar-refractivity contribution in [1.82, 2.24) is 0 Å². The Kier molecular flexibility index (Phi) is 14.3. The molecule has 0 radical (unpaired) electrons. The van der Waals surface area contributed by atoms with Crippen molar-refractivity contribution in [3.63, 3.8) is 0 Å². The molecule has 0 amide bonds. The van der Waals surface area contributed by atoms with E-state index in [-0.39, 0.29) is 12.2 Å². The van der Waals surface area contributed by atoms with Crippen LogP contribution in [0.5, 0.6) is 34.5 Å². The summed E-state index contributed by atoms with van der Waals surface area (Å²) in [6.07, 6.45) is 4.91. The van der Waals surface area contributed by atoms with Crippen molar-refractivity contribution >= 4 is 5.78 Å². The molecule has 38 heavy (non-hydrogen) atoms. The molecule has 0 aliphatic carbocycles. The minimum atomic E-state index is -0.0792. The number of carbonyl (C=O) groups excluding carboxylic acids is 1. The largest absolute Gasteiger partial charge is 0.493 e. The molecule has 2 rings (SSSR count). The number of rotatable bonds is 20. The molecule has 0 aliphatic rings. The monoisotopic (exact) mass is 530 g/mol. The second-order valence-corrected chi connectivity index (χ2v) is 9.05. The molecule has 0 saturated carbocycles. The molecule has 7 heteroatoms. The van der Waals surface area contributed by atoms with E-state index in [4.69, 9.17) is 28.4 Å². The van der Waals surface area contributed by atoms with Gasteiger partial charge < -0.3 is 28.4 Å². The highest BCUT2D eigenvalue weighted by atomic mass is 16.5. The van der Waals surface area contributed by atoms with E-state index in [1.54, 1.807) is 7.11 Å². The number of aryl methyl sites for hydroxylation is 1. The summed E-state index contributed by atoms with van der Waals surface area (Å²) >= 11 is 0.